The summed E-state index contributed by atoms with van der Waals surface area (Å²) < 4.78 is 5.23. The zero-order valence-electron chi connectivity index (χ0n) is 10.6. The van der Waals surface area contributed by atoms with Crippen molar-refractivity contribution < 1.29 is 9.53 Å². The Morgan fingerprint density at radius 3 is 2.76 bits per heavy atom. The summed E-state index contributed by atoms with van der Waals surface area (Å²) in [5.41, 5.74) is 6.40. The minimum absolute atomic E-state index is 0.0727. The van der Waals surface area contributed by atoms with Gasteiger partial charge in [0, 0.05) is 17.9 Å². The molecule has 0 bridgehead atoms. The minimum Gasteiger partial charge on any atom is -0.496 e. The van der Waals surface area contributed by atoms with E-state index in [1.54, 1.807) is 7.11 Å². The topological polar surface area (TPSA) is 52.3 Å². The van der Waals surface area contributed by atoms with Crippen LogP contribution in [0.5, 0.6) is 5.75 Å². The van der Waals surface area contributed by atoms with Crippen LogP contribution in [0.3, 0.4) is 0 Å². The van der Waals surface area contributed by atoms with Crippen LogP contribution < -0.4 is 10.5 Å². The van der Waals surface area contributed by atoms with Crippen LogP contribution in [0.4, 0.5) is 0 Å². The molecule has 0 aliphatic rings. The summed E-state index contributed by atoms with van der Waals surface area (Å²) in [4.78, 5) is 12.0. The van der Waals surface area contributed by atoms with Crippen LogP contribution >= 0.6 is 0 Å². The number of nitrogens with two attached hydrogens (primary N) is 1. The van der Waals surface area contributed by atoms with Crippen molar-refractivity contribution in [2.45, 2.75) is 26.2 Å². The molecule has 0 fully saturated rings. The molecule has 1 aromatic rings. The molecule has 1 unspecified atom stereocenters. The van der Waals surface area contributed by atoms with E-state index in [2.05, 4.69) is 0 Å². The van der Waals surface area contributed by atoms with E-state index in [0.29, 0.717) is 13.0 Å². The van der Waals surface area contributed by atoms with Gasteiger partial charge >= 0.3 is 0 Å². The minimum atomic E-state index is 0.0727. The zero-order valence-corrected chi connectivity index (χ0v) is 10.6. The molecule has 0 aliphatic heterocycles. The molecule has 0 heterocycles. The van der Waals surface area contributed by atoms with Crippen molar-refractivity contribution in [3.8, 4) is 5.75 Å². The molecule has 0 spiro atoms. The normalized spacial score (nSPS) is 12.2. The highest BCUT2D eigenvalue weighted by Gasteiger charge is 2.14. The van der Waals surface area contributed by atoms with Crippen molar-refractivity contribution in [3.63, 3.8) is 0 Å². The number of ether oxygens (including phenoxy) is 1. The van der Waals surface area contributed by atoms with E-state index in [9.17, 15) is 4.79 Å². The summed E-state index contributed by atoms with van der Waals surface area (Å²) in [5, 5.41) is 0. The maximum absolute atomic E-state index is 12.0. The Morgan fingerprint density at radius 1 is 1.41 bits per heavy atom. The van der Waals surface area contributed by atoms with Crippen LogP contribution in [0.2, 0.25) is 0 Å². The number of benzene rings is 1. The third-order valence-corrected chi connectivity index (χ3v) is 2.95. The second-order valence-electron chi connectivity index (χ2n) is 4.29. The quantitative estimate of drug-likeness (QED) is 0.788. The standard InChI is InChI=1S/C14H21NO2/c1-11(6-5-9-15)13(16)10-12-7-3-4-8-14(12)17-2/h3-4,7-8,11H,5-6,9-10,15H2,1-2H3. The molecular formula is C14H21NO2. The number of ketones is 1. The number of hydrogen-bond donors (Lipinski definition) is 1. The average Bonchev–Trinajstić information content (AvgIpc) is 2.36. The predicted molar refractivity (Wildman–Crippen MR) is 69.2 cm³/mol. The number of rotatable bonds is 7. The van der Waals surface area contributed by atoms with Gasteiger partial charge in [0.05, 0.1) is 7.11 Å². The smallest absolute Gasteiger partial charge is 0.140 e. The molecule has 0 radical (unpaired) electrons. The van der Waals surface area contributed by atoms with Gasteiger partial charge in [0.15, 0.2) is 0 Å². The summed E-state index contributed by atoms with van der Waals surface area (Å²) in [5.74, 6) is 1.11. The molecular weight excluding hydrogens is 214 g/mol. The lowest BCUT2D eigenvalue weighted by Gasteiger charge is -2.11. The van der Waals surface area contributed by atoms with Crippen molar-refractivity contribution >= 4 is 5.78 Å². The van der Waals surface area contributed by atoms with Crippen LogP contribution in [0.25, 0.3) is 0 Å². The lowest BCUT2D eigenvalue weighted by atomic mass is 9.95. The molecule has 3 nitrogen and oxygen atoms in total. The van der Waals surface area contributed by atoms with E-state index in [0.717, 1.165) is 24.2 Å². The molecule has 1 rings (SSSR count). The molecule has 0 aliphatic carbocycles. The zero-order chi connectivity index (χ0) is 12.7. The van der Waals surface area contributed by atoms with Gasteiger partial charge in [0.2, 0.25) is 0 Å². The number of para-hydroxylation sites is 1. The second kappa shape index (κ2) is 7.07. The first-order valence-electron chi connectivity index (χ1n) is 6.03. The van der Waals surface area contributed by atoms with Crippen molar-refractivity contribution in [2.75, 3.05) is 13.7 Å². The van der Waals surface area contributed by atoms with Crippen LogP contribution in [0, 0.1) is 5.92 Å². The molecule has 0 aromatic heterocycles. The highest BCUT2D eigenvalue weighted by molar-refractivity contribution is 5.83. The van der Waals surface area contributed by atoms with Crippen molar-refractivity contribution in [1.29, 1.82) is 0 Å². The monoisotopic (exact) mass is 235 g/mol. The SMILES string of the molecule is COc1ccccc1CC(=O)C(C)CCCN. The Morgan fingerprint density at radius 2 is 2.12 bits per heavy atom. The van der Waals surface area contributed by atoms with E-state index in [1.165, 1.54) is 0 Å². The third-order valence-electron chi connectivity index (χ3n) is 2.95. The summed E-state index contributed by atoms with van der Waals surface area (Å²) in [6.07, 6.45) is 2.21. The maximum Gasteiger partial charge on any atom is 0.140 e. The van der Waals surface area contributed by atoms with Gasteiger partial charge in [-0.25, -0.2) is 0 Å². The summed E-state index contributed by atoms with van der Waals surface area (Å²) in [7, 11) is 1.63. The Kier molecular flexibility index (Phi) is 5.70. The molecule has 0 saturated heterocycles. The Bertz CT molecular complexity index is 363. The van der Waals surface area contributed by atoms with Crippen molar-refractivity contribution in [3.05, 3.63) is 29.8 Å². The van der Waals surface area contributed by atoms with Crippen molar-refractivity contribution in [2.24, 2.45) is 11.7 Å². The Balaban J connectivity index is 2.61. The summed E-state index contributed by atoms with van der Waals surface area (Å²) in [6, 6.07) is 7.65. The molecule has 0 saturated carbocycles. The fourth-order valence-electron chi connectivity index (χ4n) is 1.80. The van der Waals surface area contributed by atoms with Crippen LogP contribution in [-0.2, 0) is 11.2 Å². The fraction of sp³-hybridized carbons (Fsp3) is 0.500. The highest BCUT2D eigenvalue weighted by atomic mass is 16.5. The lowest BCUT2D eigenvalue weighted by molar-refractivity contribution is -0.121. The van der Waals surface area contributed by atoms with Gasteiger partial charge in [0.25, 0.3) is 0 Å². The summed E-state index contributed by atoms with van der Waals surface area (Å²) >= 11 is 0. The molecule has 1 atom stereocenters. The van der Waals surface area contributed by atoms with E-state index < -0.39 is 0 Å². The number of carbonyl (C=O) groups is 1. The third kappa shape index (κ3) is 4.19. The van der Waals surface area contributed by atoms with Gasteiger partial charge in [-0.1, -0.05) is 25.1 Å². The Hall–Kier alpha value is -1.35. The maximum atomic E-state index is 12.0. The van der Waals surface area contributed by atoms with E-state index in [-0.39, 0.29) is 11.7 Å². The van der Waals surface area contributed by atoms with E-state index >= 15 is 0 Å². The molecule has 3 heteroatoms. The molecule has 2 N–H and O–H groups in total. The molecule has 94 valence electrons. The molecule has 0 amide bonds. The summed E-state index contributed by atoms with van der Waals surface area (Å²) in [6.45, 7) is 2.61. The van der Waals surface area contributed by atoms with Crippen LogP contribution in [0.1, 0.15) is 25.3 Å². The van der Waals surface area contributed by atoms with Gasteiger partial charge in [-0.2, -0.15) is 0 Å². The van der Waals surface area contributed by atoms with E-state index in [1.807, 2.05) is 31.2 Å². The van der Waals surface area contributed by atoms with Gasteiger partial charge in [0.1, 0.15) is 11.5 Å². The van der Waals surface area contributed by atoms with E-state index in [4.69, 9.17) is 10.5 Å². The second-order valence-corrected chi connectivity index (χ2v) is 4.29. The Labute approximate surface area is 103 Å². The first-order chi connectivity index (χ1) is 8.19. The molecule has 1 aromatic carbocycles. The van der Waals surface area contributed by atoms with Gasteiger partial charge in [-0.05, 0) is 25.5 Å². The number of hydrogen-bond acceptors (Lipinski definition) is 3. The van der Waals surface area contributed by atoms with Crippen LogP contribution in [-0.4, -0.2) is 19.4 Å². The first kappa shape index (κ1) is 13.7. The average molecular weight is 235 g/mol. The van der Waals surface area contributed by atoms with Crippen LogP contribution in [0.15, 0.2) is 24.3 Å². The van der Waals surface area contributed by atoms with Crippen molar-refractivity contribution in [1.82, 2.24) is 0 Å². The number of methoxy groups -OCH3 is 1. The van der Waals surface area contributed by atoms with Gasteiger partial charge in [-0.15, -0.1) is 0 Å². The molecule has 17 heavy (non-hydrogen) atoms. The number of Topliss-reactive ketones (excluding diaryl/α,β-unsaturated/α-hetero) is 1. The number of carbonyl (C=O) groups excluding carboxylic acids is 1. The highest BCUT2D eigenvalue weighted by Crippen LogP contribution is 2.20. The fourth-order valence-corrected chi connectivity index (χ4v) is 1.80. The van der Waals surface area contributed by atoms with Gasteiger partial charge < -0.3 is 10.5 Å². The lowest BCUT2D eigenvalue weighted by Crippen LogP contribution is -2.15. The first-order valence-corrected chi connectivity index (χ1v) is 6.03. The predicted octanol–water partition coefficient (Wildman–Crippen LogP) is 2.18. The van der Waals surface area contributed by atoms with Gasteiger partial charge in [-0.3, -0.25) is 4.79 Å². The largest absolute Gasteiger partial charge is 0.496 e.